The average molecular weight is 399 g/mol. The topological polar surface area (TPSA) is 93.4 Å². The van der Waals surface area contributed by atoms with E-state index in [1.807, 2.05) is 55.4 Å². The molecule has 8 nitrogen and oxygen atoms in total. The highest BCUT2D eigenvalue weighted by atomic mass is 32.2. The van der Waals surface area contributed by atoms with Gasteiger partial charge >= 0.3 is 0 Å². The number of rotatable bonds is 8. The summed E-state index contributed by atoms with van der Waals surface area (Å²) in [5.41, 5.74) is 1.72. The van der Waals surface area contributed by atoms with Crippen molar-refractivity contribution in [3.63, 3.8) is 0 Å². The molecule has 28 heavy (non-hydrogen) atoms. The third kappa shape index (κ3) is 5.23. The lowest BCUT2D eigenvalue weighted by Crippen LogP contribution is -2.24. The molecular weight excluding hydrogens is 378 g/mol. The van der Waals surface area contributed by atoms with Gasteiger partial charge in [-0.3, -0.25) is 4.79 Å². The zero-order valence-electron chi connectivity index (χ0n) is 15.9. The number of pyridine rings is 1. The van der Waals surface area contributed by atoms with Crippen molar-refractivity contribution in [1.29, 1.82) is 0 Å². The third-order valence-electron chi connectivity index (χ3n) is 3.83. The number of carbonyl (C=O) groups excluding carboxylic acids is 1. The highest BCUT2D eigenvalue weighted by molar-refractivity contribution is 7.99. The van der Waals surface area contributed by atoms with Crippen LogP contribution in [0.25, 0.3) is 11.5 Å². The van der Waals surface area contributed by atoms with Gasteiger partial charge in [0.05, 0.1) is 12.9 Å². The minimum Gasteiger partial charge on any atom is -0.497 e. The Morgan fingerprint density at radius 2 is 1.96 bits per heavy atom. The molecule has 0 aliphatic carbocycles. The van der Waals surface area contributed by atoms with Gasteiger partial charge < -0.3 is 19.4 Å². The largest absolute Gasteiger partial charge is 0.497 e. The summed E-state index contributed by atoms with van der Waals surface area (Å²) in [6, 6.07) is 11.2. The Kier molecular flexibility index (Phi) is 6.49. The summed E-state index contributed by atoms with van der Waals surface area (Å²) in [6.07, 6.45) is 1.75. The number of thioether (sulfide) groups is 1. The number of hydrogen-bond acceptors (Lipinski definition) is 8. The predicted octanol–water partition coefficient (Wildman–Crippen LogP) is 2.61. The van der Waals surface area contributed by atoms with Gasteiger partial charge in [-0.1, -0.05) is 17.8 Å². The molecule has 0 aliphatic heterocycles. The van der Waals surface area contributed by atoms with E-state index in [1.165, 1.54) is 11.8 Å². The summed E-state index contributed by atoms with van der Waals surface area (Å²) in [7, 11) is 5.47. The molecule has 0 aliphatic rings. The molecule has 146 valence electrons. The molecular formula is C19H21N5O3S. The highest BCUT2D eigenvalue weighted by Gasteiger charge is 2.11. The van der Waals surface area contributed by atoms with Crippen LogP contribution in [0.4, 0.5) is 5.82 Å². The number of anilines is 1. The van der Waals surface area contributed by atoms with Gasteiger partial charge in [0.2, 0.25) is 11.8 Å². The first-order chi connectivity index (χ1) is 13.5. The Balaban J connectivity index is 1.47. The molecule has 1 amide bonds. The molecule has 0 saturated heterocycles. The Hall–Kier alpha value is -3.07. The second-order valence-corrected chi connectivity index (χ2v) is 7.01. The molecule has 2 heterocycles. The summed E-state index contributed by atoms with van der Waals surface area (Å²) < 4.78 is 10.7. The molecule has 3 aromatic rings. The minimum atomic E-state index is -0.120. The number of carbonyl (C=O) groups is 1. The molecule has 0 spiro atoms. The van der Waals surface area contributed by atoms with Crippen molar-refractivity contribution in [3.05, 3.63) is 48.2 Å². The van der Waals surface area contributed by atoms with Gasteiger partial charge in [-0.15, -0.1) is 10.2 Å². The van der Waals surface area contributed by atoms with E-state index in [2.05, 4.69) is 20.5 Å². The molecule has 1 aromatic carbocycles. The highest BCUT2D eigenvalue weighted by Crippen LogP contribution is 2.24. The van der Waals surface area contributed by atoms with Crippen LogP contribution in [0.3, 0.4) is 0 Å². The monoisotopic (exact) mass is 399 g/mol. The van der Waals surface area contributed by atoms with Crippen molar-refractivity contribution in [2.45, 2.75) is 11.8 Å². The lowest BCUT2D eigenvalue weighted by Gasteiger charge is -2.11. The quantitative estimate of drug-likeness (QED) is 0.578. The van der Waals surface area contributed by atoms with Crippen LogP contribution in [0.5, 0.6) is 5.75 Å². The Morgan fingerprint density at radius 3 is 2.61 bits per heavy atom. The van der Waals surface area contributed by atoms with Gasteiger partial charge in [-0.05, 0) is 35.9 Å². The van der Waals surface area contributed by atoms with E-state index in [0.29, 0.717) is 17.7 Å². The summed E-state index contributed by atoms with van der Waals surface area (Å²) in [4.78, 5) is 18.3. The molecule has 0 fully saturated rings. The van der Waals surface area contributed by atoms with Gasteiger partial charge in [-0.25, -0.2) is 4.98 Å². The van der Waals surface area contributed by atoms with E-state index in [9.17, 15) is 4.79 Å². The third-order valence-corrected chi connectivity index (χ3v) is 4.65. The van der Waals surface area contributed by atoms with Crippen molar-refractivity contribution in [2.75, 3.05) is 31.9 Å². The normalized spacial score (nSPS) is 10.5. The zero-order valence-corrected chi connectivity index (χ0v) is 16.7. The molecule has 9 heteroatoms. The standard InChI is InChI=1S/C19H21N5O3S/c1-24(2)16-9-4-13(10-20-16)11-21-17(25)12-28-19-23-22-18(27-19)14-5-7-15(26-3)8-6-14/h4-10H,11-12H2,1-3H3,(H,21,25). The summed E-state index contributed by atoms with van der Waals surface area (Å²) >= 11 is 1.19. The van der Waals surface area contributed by atoms with Crippen LogP contribution in [0.1, 0.15) is 5.56 Å². The number of ether oxygens (including phenoxy) is 1. The fourth-order valence-corrected chi connectivity index (χ4v) is 2.88. The fourth-order valence-electron chi connectivity index (χ4n) is 2.28. The smallest absolute Gasteiger partial charge is 0.277 e. The van der Waals surface area contributed by atoms with Crippen LogP contribution in [0, 0.1) is 0 Å². The Bertz CT molecular complexity index is 910. The maximum Gasteiger partial charge on any atom is 0.277 e. The van der Waals surface area contributed by atoms with Crippen molar-refractivity contribution >= 4 is 23.5 Å². The first kappa shape index (κ1) is 19.7. The maximum atomic E-state index is 12.0. The van der Waals surface area contributed by atoms with Gasteiger partial charge in [0.1, 0.15) is 11.6 Å². The van der Waals surface area contributed by atoms with Crippen LogP contribution in [0.15, 0.2) is 52.2 Å². The number of aromatic nitrogens is 3. The number of methoxy groups -OCH3 is 1. The van der Waals surface area contributed by atoms with E-state index in [4.69, 9.17) is 9.15 Å². The summed E-state index contributed by atoms with van der Waals surface area (Å²) in [6.45, 7) is 0.418. The molecule has 2 aromatic heterocycles. The second kappa shape index (κ2) is 9.23. The number of nitrogens with one attached hydrogen (secondary N) is 1. The molecule has 1 N–H and O–H groups in total. The fraction of sp³-hybridized carbons (Fsp3) is 0.263. The molecule has 0 saturated carbocycles. The first-order valence-corrected chi connectivity index (χ1v) is 9.53. The lowest BCUT2D eigenvalue weighted by molar-refractivity contribution is -0.118. The van der Waals surface area contributed by atoms with Gasteiger partial charge in [0, 0.05) is 32.4 Å². The van der Waals surface area contributed by atoms with Crippen molar-refractivity contribution < 1.29 is 13.9 Å². The SMILES string of the molecule is COc1ccc(-c2nnc(SCC(=O)NCc3ccc(N(C)C)nc3)o2)cc1. The minimum absolute atomic E-state index is 0.120. The zero-order chi connectivity index (χ0) is 19.9. The molecule has 0 radical (unpaired) electrons. The van der Waals surface area contributed by atoms with E-state index in [-0.39, 0.29) is 11.7 Å². The molecule has 3 rings (SSSR count). The van der Waals surface area contributed by atoms with E-state index < -0.39 is 0 Å². The Labute approximate surface area is 167 Å². The van der Waals surface area contributed by atoms with E-state index in [0.717, 1.165) is 22.7 Å². The van der Waals surface area contributed by atoms with Crippen LogP contribution in [0.2, 0.25) is 0 Å². The van der Waals surface area contributed by atoms with Crippen molar-refractivity contribution in [1.82, 2.24) is 20.5 Å². The van der Waals surface area contributed by atoms with Crippen LogP contribution in [-0.4, -0.2) is 48.0 Å². The van der Waals surface area contributed by atoms with E-state index >= 15 is 0 Å². The number of benzene rings is 1. The summed E-state index contributed by atoms with van der Waals surface area (Å²) in [5, 5.41) is 11.2. The Morgan fingerprint density at radius 1 is 1.18 bits per heavy atom. The maximum absolute atomic E-state index is 12.0. The van der Waals surface area contributed by atoms with Crippen LogP contribution in [-0.2, 0) is 11.3 Å². The number of nitrogens with zero attached hydrogens (tertiary/aromatic N) is 4. The molecule has 0 unspecified atom stereocenters. The average Bonchev–Trinajstić information content (AvgIpc) is 3.20. The van der Waals surface area contributed by atoms with Gasteiger partial charge in [0.25, 0.3) is 5.22 Å². The number of amides is 1. The first-order valence-electron chi connectivity index (χ1n) is 8.55. The molecule has 0 bridgehead atoms. The summed E-state index contributed by atoms with van der Waals surface area (Å²) in [5.74, 6) is 2.09. The molecule has 0 atom stereocenters. The predicted molar refractivity (Wildman–Crippen MR) is 107 cm³/mol. The second-order valence-electron chi connectivity index (χ2n) is 6.09. The van der Waals surface area contributed by atoms with Gasteiger partial charge in [0.15, 0.2) is 0 Å². The van der Waals surface area contributed by atoms with Crippen molar-refractivity contribution in [2.24, 2.45) is 0 Å². The van der Waals surface area contributed by atoms with Crippen molar-refractivity contribution in [3.8, 4) is 17.2 Å². The van der Waals surface area contributed by atoms with Crippen LogP contribution < -0.4 is 15.0 Å². The van der Waals surface area contributed by atoms with Crippen LogP contribution >= 0.6 is 11.8 Å². The lowest BCUT2D eigenvalue weighted by atomic mass is 10.2. The number of hydrogen-bond donors (Lipinski definition) is 1. The van der Waals surface area contributed by atoms with E-state index in [1.54, 1.807) is 13.3 Å². The van der Waals surface area contributed by atoms with Gasteiger partial charge in [-0.2, -0.15) is 0 Å².